The largest absolute Gasteiger partial charge is 0.497 e. The minimum Gasteiger partial charge on any atom is -0.497 e. The van der Waals surface area contributed by atoms with Gasteiger partial charge >= 0.3 is 0 Å². The van der Waals surface area contributed by atoms with E-state index < -0.39 is 0 Å². The Hall–Kier alpha value is -2.16. The summed E-state index contributed by atoms with van der Waals surface area (Å²) in [6.07, 6.45) is 1.69. The monoisotopic (exact) mass is 429 g/mol. The average molecular weight is 430 g/mol. The van der Waals surface area contributed by atoms with E-state index in [9.17, 15) is 4.39 Å². The van der Waals surface area contributed by atoms with Gasteiger partial charge in [-0.05, 0) is 41.5 Å². The average Bonchev–Trinajstić information content (AvgIpc) is 3.20. The SMILES string of the molecule is COc1ccc(CSc2nnc(SCc3ccc(F)c4cccnc34)s2)cc1. The number of methoxy groups -OCH3 is 1. The number of ether oxygens (including phenoxy) is 1. The molecule has 0 saturated heterocycles. The summed E-state index contributed by atoms with van der Waals surface area (Å²) in [7, 11) is 1.66. The minimum absolute atomic E-state index is 0.245. The Morgan fingerprint density at radius 1 is 0.964 bits per heavy atom. The molecule has 0 saturated carbocycles. The molecule has 0 radical (unpaired) electrons. The van der Waals surface area contributed by atoms with Crippen LogP contribution in [0.1, 0.15) is 11.1 Å². The van der Waals surface area contributed by atoms with E-state index in [4.69, 9.17) is 4.74 Å². The molecule has 0 fully saturated rings. The van der Waals surface area contributed by atoms with Crippen molar-refractivity contribution in [2.45, 2.75) is 20.2 Å². The smallest absolute Gasteiger partial charge is 0.175 e. The molecule has 2 heterocycles. The number of fused-ring (bicyclic) bond motifs is 1. The molecule has 4 aromatic rings. The molecule has 4 rings (SSSR count). The number of thioether (sulfide) groups is 2. The van der Waals surface area contributed by atoms with Crippen LogP contribution in [0.2, 0.25) is 0 Å². The molecule has 8 heteroatoms. The maximum Gasteiger partial charge on any atom is 0.175 e. The van der Waals surface area contributed by atoms with E-state index in [1.165, 1.54) is 11.6 Å². The summed E-state index contributed by atoms with van der Waals surface area (Å²) in [4.78, 5) is 4.34. The Bertz CT molecular complexity index is 1090. The summed E-state index contributed by atoms with van der Waals surface area (Å²) >= 11 is 4.83. The van der Waals surface area contributed by atoms with Crippen LogP contribution < -0.4 is 4.74 Å². The van der Waals surface area contributed by atoms with Crippen molar-refractivity contribution in [1.82, 2.24) is 15.2 Å². The fourth-order valence-electron chi connectivity index (χ4n) is 2.63. The van der Waals surface area contributed by atoms with E-state index in [1.807, 2.05) is 12.1 Å². The van der Waals surface area contributed by atoms with Gasteiger partial charge in [-0.15, -0.1) is 10.2 Å². The second kappa shape index (κ2) is 8.89. The van der Waals surface area contributed by atoms with Gasteiger partial charge in [-0.25, -0.2) is 4.39 Å². The third-order valence-corrected chi connectivity index (χ3v) is 7.37. The van der Waals surface area contributed by atoms with Crippen LogP contribution in [-0.2, 0) is 11.5 Å². The normalized spacial score (nSPS) is 11.1. The van der Waals surface area contributed by atoms with Gasteiger partial charge in [0.15, 0.2) is 8.68 Å². The third-order valence-electron chi connectivity index (χ3n) is 4.06. The first-order chi connectivity index (χ1) is 13.7. The Morgan fingerprint density at radius 3 is 2.46 bits per heavy atom. The lowest BCUT2D eigenvalue weighted by atomic mass is 10.1. The number of hydrogen-bond acceptors (Lipinski definition) is 7. The molecule has 142 valence electrons. The number of aromatic nitrogens is 3. The molecule has 0 amide bonds. The second-order valence-corrected chi connectivity index (χ2v) is 9.29. The minimum atomic E-state index is -0.245. The van der Waals surface area contributed by atoms with E-state index >= 15 is 0 Å². The van der Waals surface area contributed by atoms with Crippen molar-refractivity contribution >= 4 is 45.8 Å². The Balaban J connectivity index is 1.38. The molecule has 2 aromatic carbocycles. The highest BCUT2D eigenvalue weighted by atomic mass is 32.2. The first-order valence-electron chi connectivity index (χ1n) is 8.47. The van der Waals surface area contributed by atoms with Gasteiger partial charge in [0.25, 0.3) is 0 Å². The van der Waals surface area contributed by atoms with Crippen molar-refractivity contribution in [2.24, 2.45) is 0 Å². The summed E-state index contributed by atoms with van der Waals surface area (Å²) in [5.41, 5.74) is 2.90. The standard InChI is InChI=1S/C20H16FN3OS3/c1-25-15-7-4-13(5-8-15)11-26-19-23-24-20(28-19)27-12-14-6-9-17(21)16-3-2-10-22-18(14)16/h2-10H,11-12H2,1H3. The van der Waals surface area contributed by atoms with Crippen molar-refractivity contribution in [2.75, 3.05) is 7.11 Å². The molecule has 0 bridgehead atoms. The van der Waals surface area contributed by atoms with Crippen LogP contribution in [0.25, 0.3) is 10.9 Å². The maximum absolute atomic E-state index is 13.9. The van der Waals surface area contributed by atoms with E-state index in [1.54, 1.807) is 66.4 Å². The first kappa shape index (κ1) is 19.2. The van der Waals surface area contributed by atoms with Crippen molar-refractivity contribution in [3.05, 3.63) is 71.7 Å². The molecule has 4 nitrogen and oxygen atoms in total. The van der Waals surface area contributed by atoms with Crippen LogP contribution in [0.5, 0.6) is 5.75 Å². The number of hydrogen-bond donors (Lipinski definition) is 0. The van der Waals surface area contributed by atoms with Crippen molar-refractivity contribution in [3.8, 4) is 5.75 Å². The molecule has 0 aliphatic heterocycles. The van der Waals surface area contributed by atoms with Crippen LogP contribution >= 0.6 is 34.9 Å². The van der Waals surface area contributed by atoms with Crippen LogP contribution in [0.15, 0.2) is 63.4 Å². The lowest BCUT2D eigenvalue weighted by Crippen LogP contribution is -1.90. The quantitative estimate of drug-likeness (QED) is 0.345. The highest BCUT2D eigenvalue weighted by Gasteiger charge is 2.10. The molecular formula is C20H16FN3OS3. The Kier molecular flexibility index (Phi) is 6.09. The van der Waals surface area contributed by atoms with Crippen LogP contribution in [0.3, 0.4) is 0 Å². The topological polar surface area (TPSA) is 47.9 Å². The second-order valence-electron chi connectivity index (χ2n) is 5.87. The maximum atomic E-state index is 13.9. The van der Waals surface area contributed by atoms with Gasteiger partial charge in [-0.3, -0.25) is 4.98 Å². The van der Waals surface area contributed by atoms with Gasteiger partial charge in [0.2, 0.25) is 0 Å². The zero-order valence-electron chi connectivity index (χ0n) is 15.0. The van der Waals surface area contributed by atoms with Crippen molar-refractivity contribution in [1.29, 1.82) is 0 Å². The lowest BCUT2D eigenvalue weighted by molar-refractivity contribution is 0.414. The highest BCUT2D eigenvalue weighted by Crippen LogP contribution is 2.33. The molecule has 0 spiro atoms. The van der Waals surface area contributed by atoms with Gasteiger partial charge in [0.1, 0.15) is 11.6 Å². The van der Waals surface area contributed by atoms with Gasteiger partial charge < -0.3 is 4.74 Å². The predicted octanol–water partition coefficient (Wildman–Crippen LogP) is 5.82. The number of nitrogens with zero attached hydrogens (tertiary/aromatic N) is 3. The fraction of sp³-hybridized carbons (Fsp3) is 0.150. The summed E-state index contributed by atoms with van der Waals surface area (Å²) in [5, 5.41) is 9.08. The van der Waals surface area contributed by atoms with E-state index in [-0.39, 0.29) is 5.82 Å². The van der Waals surface area contributed by atoms with E-state index in [0.29, 0.717) is 16.7 Å². The van der Waals surface area contributed by atoms with E-state index in [2.05, 4.69) is 27.3 Å². The predicted molar refractivity (Wildman–Crippen MR) is 114 cm³/mol. The fourth-order valence-corrected chi connectivity index (χ4v) is 5.59. The van der Waals surface area contributed by atoms with E-state index in [0.717, 1.165) is 25.7 Å². The summed E-state index contributed by atoms with van der Waals surface area (Å²) in [5.74, 6) is 2.11. The molecule has 0 N–H and O–H groups in total. The Morgan fingerprint density at radius 2 is 1.71 bits per heavy atom. The van der Waals surface area contributed by atoms with Gasteiger partial charge in [0.05, 0.1) is 12.6 Å². The first-order valence-corrected chi connectivity index (χ1v) is 11.3. The number of halogens is 1. The number of pyridine rings is 1. The lowest BCUT2D eigenvalue weighted by Gasteiger charge is -2.05. The molecular weight excluding hydrogens is 413 g/mol. The van der Waals surface area contributed by atoms with Crippen LogP contribution in [-0.4, -0.2) is 22.3 Å². The molecule has 28 heavy (non-hydrogen) atoms. The Labute approximate surface area is 174 Å². The summed E-state index contributed by atoms with van der Waals surface area (Å²) in [6, 6.07) is 14.8. The molecule has 2 aromatic heterocycles. The molecule has 0 aliphatic carbocycles. The zero-order valence-corrected chi connectivity index (χ0v) is 17.4. The van der Waals surface area contributed by atoms with Crippen molar-refractivity contribution in [3.63, 3.8) is 0 Å². The number of rotatable bonds is 7. The molecule has 0 atom stereocenters. The van der Waals surface area contributed by atoms with Crippen LogP contribution in [0, 0.1) is 5.82 Å². The summed E-state index contributed by atoms with van der Waals surface area (Å²) in [6.45, 7) is 0. The zero-order chi connectivity index (χ0) is 19.3. The third kappa shape index (κ3) is 4.45. The highest BCUT2D eigenvalue weighted by molar-refractivity contribution is 8.02. The molecule has 0 unspecified atom stereocenters. The van der Waals surface area contributed by atoms with Gasteiger partial charge in [-0.2, -0.15) is 0 Å². The summed E-state index contributed by atoms with van der Waals surface area (Å²) < 4.78 is 20.9. The van der Waals surface area contributed by atoms with Crippen LogP contribution in [0.4, 0.5) is 4.39 Å². The van der Waals surface area contributed by atoms with Gasteiger partial charge in [-0.1, -0.05) is 53.1 Å². The molecule has 0 aliphatic rings. The van der Waals surface area contributed by atoms with Gasteiger partial charge in [0, 0.05) is 23.1 Å². The van der Waals surface area contributed by atoms with Crippen molar-refractivity contribution < 1.29 is 9.13 Å². The number of benzene rings is 2.